The van der Waals surface area contributed by atoms with E-state index in [1.54, 1.807) is 0 Å². The summed E-state index contributed by atoms with van der Waals surface area (Å²) in [5, 5.41) is 0. The van der Waals surface area contributed by atoms with Crippen LogP contribution >= 0.6 is 0 Å². The van der Waals surface area contributed by atoms with Crippen LogP contribution in [0.3, 0.4) is 0 Å². The minimum absolute atomic E-state index is 0.221. The topological polar surface area (TPSA) is 26.3 Å². The Morgan fingerprint density at radius 3 is 2.83 bits per heavy atom. The Hall–Kier alpha value is 0.535. The van der Waals surface area contributed by atoms with Crippen molar-refractivity contribution < 1.29 is 27.8 Å². The predicted molar refractivity (Wildman–Crippen MR) is 47.5 cm³/mol. The fraction of sp³-hybridized carbons (Fsp3) is 0.875. The molecule has 0 bridgehead atoms. The molecule has 1 aliphatic heterocycles. The SMILES string of the molecule is C[CH2][Pt][C](=O)[Si]1(C)CCCCO1. The molecular formula is C8H16O2PtSi. The van der Waals surface area contributed by atoms with E-state index >= 15 is 0 Å². The molecule has 0 aromatic carbocycles. The molecule has 1 rings (SSSR count). The molecule has 0 aliphatic carbocycles. The summed E-state index contributed by atoms with van der Waals surface area (Å²) in [6.07, 6.45) is 2.36. The van der Waals surface area contributed by atoms with Gasteiger partial charge in [0.15, 0.2) is 0 Å². The molecule has 12 heavy (non-hydrogen) atoms. The summed E-state index contributed by atoms with van der Waals surface area (Å²) in [4.78, 5) is 12.8. The zero-order valence-electron chi connectivity index (χ0n) is 7.67. The molecule has 1 heterocycles. The fourth-order valence-corrected chi connectivity index (χ4v) is 9.02. The molecule has 0 radical (unpaired) electrons. The van der Waals surface area contributed by atoms with E-state index in [4.69, 9.17) is 4.43 Å². The van der Waals surface area contributed by atoms with Crippen LogP contribution in [-0.4, -0.2) is 18.7 Å². The molecular weight excluding hydrogens is 351 g/mol. The number of carbonyl (C=O) groups excluding carboxylic acids is 1. The van der Waals surface area contributed by atoms with Gasteiger partial charge in [0.1, 0.15) is 0 Å². The van der Waals surface area contributed by atoms with Crippen molar-refractivity contribution in [3.8, 4) is 0 Å². The summed E-state index contributed by atoms with van der Waals surface area (Å²) < 4.78 is 6.23. The molecule has 74 valence electrons. The van der Waals surface area contributed by atoms with Gasteiger partial charge in [-0.1, -0.05) is 0 Å². The quantitative estimate of drug-likeness (QED) is 0.717. The van der Waals surface area contributed by atoms with Gasteiger partial charge in [-0.15, -0.1) is 0 Å². The summed E-state index contributed by atoms with van der Waals surface area (Å²) in [6.45, 7) is 5.04. The van der Waals surface area contributed by atoms with E-state index in [9.17, 15) is 4.79 Å². The van der Waals surface area contributed by atoms with Crippen molar-refractivity contribution in [3.05, 3.63) is 0 Å². The van der Waals surface area contributed by atoms with Crippen molar-refractivity contribution >= 4 is 12.1 Å². The van der Waals surface area contributed by atoms with E-state index in [0.717, 1.165) is 23.9 Å². The number of hydrogen-bond donors (Lipinski definition) is 0. The van der Waals surface area contributed by atoms with E-state index in [0.29, 0.717) is 3.80 Å². The summed E-state index contributed by atoms with van der Waals surface area (Å²) >= 11 is -0.221. The van der Waals surface area contributed by atoms with E-state index in [1.807, 2.05) is 0 Å². The van der Waals surface area contributed by atoms with E-state index in [1.165, 1.54) is 6.42 Å². The Balaban J connectivity index is 2.50. The zero-order chi connectivity index (χ0) is 9.03. The van der Waals surface area contributed by atoms with Crippen molar-refractivity contribution in [1.82, 2.24) is 0 Å². The third-order valence-electron chi connectivity index (χ3n) is 2.07. The van der Waals surface area contributed by atoms with Crippen LogP contribution in [0.15, 0.2) is 0 Å². The van der Waals surface area contributed by atoms with Crippen LogP contribution in [0.25, 0.3) is 0 Å². The number of carbonyl (C=O) groups is 1. The first kappa shape index (κ1) is 10.6. The molecule has 4 heteroatoms. The fourth-order valence-electron chi connectivity index (χ4n) is 1.30. The second-order valence-electron chi connectivity index (χ2n) is 3.12. The third kappa shape index (κ3) is 2.51. The summed E-state index contributed by atoms with van der Waals surface area (Å²) in [6, 6.07) is 1.08. The first-order valence-corrected chi connectivity index (χ1v) is 9.75. The van der Waals surface area contributed by atoms with Gasteiger partial charge in [-0.05, 0) is 0 Å². The number of hydrogen-bond acceptors (Lipinski definition) is 2. The maximum atomic E-state index is 11.7. The Labute approximate surface area is 83.7 Å². The summed E-state index contributed by atoms with van der Waals surface area (Å²) in [5.74, 6) is 0. The van der Waals surface area contributed by atoms with Crippen LogP contribution in [0.4, 0.5) is 4.79 Å². The molecule has 1 aliphatic rings. The molecule has 0 aromatic heterocycles. The molecule has 0 spiro atoms. The minimum atomic E-state index is -1.85. The normalized spacial score (nSPS) is 30.5. The van der Waals surface area contributed by atoms with Gasteiger partial charge in [0.2, 0.25) is 0 Å². The Kier molecular flexibility index (Phi) is 4.14. The van der Waals surface area contributed by atoms with Gasteiger partial charge in [-0.25, -0.2) is 0 Å². The van der Waals surface area contributed by atoms with Crippen LogP contribution in [-0.2, 0) is 23.0 Å². The van der Waals surface area contributed by atoms with Gasteiger partial charge in [0.05, 0.1) is 0 Å². The van der Waals surface area contributed by atoms with Gasteiger partial charge in [0.25, 0.3) is 0 Å². The average molecular weight is 367 g/mol. The number of rotatable bonds is 3. The van der Waals surface area contributed by atoms with Crippen molar-refractivity contribution in [2.24, 2.45) is 0 Å². The Bertz CT molecular complexity index is 166. The predicted octanol–water partition coefficient (Wildman–Crippen LogP) is 2.59. The van der Waals surface area contributed by atoms with E-state index in [2.05, 4.69) is 13.5 Å². The molecule has 0 amide bonds. The van der Waals surface area contributed by atoms with Crippen LogP contribution in [0.1, 0.15) is 19.8 Å². The van der Waals surface area contributed by atoms with Crippen LogP contribution < -0.4 is 0 Å². The third-order valence-corrected chi connectivity index (χ3v) is 11.0. The monoisotopic (exact) mass is 367 g/mol. The van der Waals surface area contributed by atoms with Gasteiger partial charge in [-0.3, -0.25) is 0 Å². The summed E-state index contributed by atoms with van der Waals surface area (Å²) in [5.41, 5.74) is 0. The zero-order valence-corrected chi connectivity index (χ0v) is 10.9. The first-order chi connectivity index (χ1) is 5.69. The molecule has 1 atom stereocenters. The second-order valence-corrected chi connectivity index (χ2v) is 11.3. The molecule has 0 saturated carbocycles. The van der Waals surface area contributed by atoms with Gasteiger partial charge < -0.3 is 0 Å². The Morgan fingerprint density at radius 2 is 2.33 bits per heavy atom. The average Bonchev–Trinajstić information content (AvgIpc) is 2.06. The molecule has 2 nitrogen and oxygen atoms in total. The molecule has 1 saturated heterocycles. The van der Waals surface area contributed by atoms with Gasteiger partial charge >= 0.3 is 83.7 Å². The molecule has 0 N–H and O–H groups in total. The van der Waals surface area contributed by atoms with Crippen LogP contribution in [0.5, 0.6) is 0 Å². The maximum absolute atomic E-state index is 11.7. The van der Waals surface area contributed by atoms with Gasteiger partial charge in [-0.2, -0.15) is 0 Å². The van der Waals surface area contributed by atoms with Crippen LogP contribution in [0, 0.1) is 0 Å². The van der Waals surface area contributed by atoms with Crippen molar-refractivity contribution in [3.63, 3.8) is 0 Å². The van der Waals surface area contributed by atoms with Crippen LogP contribution in [0.2, 0.25) is 17.4 Å². The summed E-state index contributed by atoms with van der Waals surface area (Å²) in [7, 11) is -1.85. The first-order valence-electron chi connectivity index (χ1n) is 4.39. The van der Waals surface area contributed by atoms with Crippen molar-refractivity contribution in [2.75, 3.05) is 6.61 Å². The van der Waals surface area contributed by atoms with E-state index < -0.39 is 8.32 Å². The Morgan fingerprint density at radius 1 is 1.58 bits per heavy atom. The van der Waals surface area contributed by atoms with E-state index in [-0.39, 0.29) is 18.6 Å². The molecule has 1 fully saturated rings. The molecule has 1 unspecified atom stereocenters. The van der Waals surface area contributed by atoms with Crippen molar-refractivity contribution in [1.29, 1.82) is 0 Å². The van der Waals surface area contributed by atoms with Crippen molar-refractivity contribution in [2.45, 2.75) is 37.2 Å². The molecule has 0 aromatic rings. The standard InChI is InChI=1S/C6H11O2Si.C2H5.Pt/c1-9(6-7)5-3-2-4-8-9;1-2;/h2-5H2,1H3;1H2,2H3;. The van der Waals surface area contributed by atoms with Gasteiger partial charge in [0, 0.05) is 0 Å². The second kappa shape index (κ2) is 4.68.